The molecule has 0 aliphatic heterocycles. The lowest BCUT2D eigenvalue weighted by atomic mass is 10.3. The van der Waals surface area contributed by atoms with Crippen molar-refractivity contribution in [1.29, 1.82) is 0 Å². The molecule has 1 aromatic heterocycles. The minimum Gasteiger partial charge on any atom is -0.369 e. The van der Waals surface area contributed by atoms with Gasteiger partial charge in [0.25, 0.3) is 0 Å². The number of carbonyl (C=O) groups is 1. The molecule has 6 heteroatoms. The van der Waals surface area contributed by atoms with Crippen LogP contribution < -0.4 is 10.6 Å². The molecule has 0 bridgehead atoms. The van der Waals surface area contributed by atoms with Crippen LogP contribution in [0.5, 0.6) is 0 Å². The second-order valence-corrected chi connectivity index (χ2v) is 5.49. The molecule has 0 saturated heterocycles. The van der Waals surface area contributed by atoms with Crippen molar-refractivity contribution in [2.24, 2.45) is 0 Å². The minimum atomic E-state index is 0.0325. The van der Waals surface area contributed by atoms with E-state index in [0.29, 0.717) is 29.9 Å². The lowest BCUT2D eigenvalue weighted by Crippen LogP contribution is -2.31. The number of aromatic nitrogens is 2. The van der Waals surface area contributed by atoms with E-state index in [2.05, 4.69) is 20.6 Å². The quantitative estimate of drug-likeness (QED) is 0.786. The van der Waals surface area contributed by atoms with Gasteiger partial charge in [-0.15, -0.1) is 0 Å². The van der Waals surface area contributed by atoms with E-state index >= 15 is 0 Å². The zero-order chi connectivity index (χ0) is 13.8. The number of rotatable bonds is 6. The van der Waals surface area contributed by atoms with E-state index in [-0.39, 0.29) is 11.9 Å². The average Bonchev–Trinajstić information content (AvgIpc) is 3.10. The molecule has 2 rings (SSSR count). The van der Waals surface area contributed by atoms with E-state index in [1.54, 1.807) is 6.07 Å². The molecule has 2 N–H and O–H groups in total. The molecular formula is C13H19ClN4O. The van der Waals surface area contributed by atoms with E-state index < -0.39 is 0 Å². The molecule has 0 radical (unpaired) electrons. The Hall–Kier alpha value is -1.36. The van der Waals surface area contributed by atoms with Crippen LogP contribution in [-0.4, -0.2) is 28.5 Å². The van der Waals surface area contributed by atoms with Gasteiger partial charge >= 0.3 is 0 Å². The summed E-state index contributed by atoms with van der Waals surface area (Å²) in [6.07, 6.45) is 2.69. The number of hydrogen-bond donors (Lipinski definition) is 2. The van der Waals surface area contributed by atoms with Crippen LogP contribution >= 0.6 is 11.6 Å². The fourth-order valence-corrected chi connectivity index (χ4v) is 1.94. The Labute approximate surface area is 118 Å². The van der Waals surface area contributed by atoms with Crippen LogP contribution in [0.25, 0.3) is 0 Å². The maximum atomic E-state index is 11.5. The molecule has 5 nitrogen and oxygen atoms in total. The number of nitrogens with one attached hydrogen (secondary N) is 2. The number of halogens is 1. The van der Waals surface area contributed by atoms with Crippen LogP contribution in [0, 0.1) is 0 Å². The molecule has 0 unspecified atom stereocenters. The molecule has 1 saturated carbocycles. The monoisotopic (exact) mass is 282 g/mol. The first kappa shape index (κ1) is 14.1. The number of anilines is 1. The normalized spacial score (nSPS) is 14.5. The highest BCUT2D eigenvalue weighted by atomic mass is 35.5. The zero-order valence-corrected chi connectivity index (χ0v) is 12.0. The van der Waals surface area contributed by atoms with Gasteiger partial charge in [-0.3, -0.25) is 4.79 Å². The third-order valence-electron chi connectivity index (χ3n) is 2.76. The van der Waals surface area contributed by atoms with E-state index in [4.69, 9.17) is 11.6 Å². The molecule has 0 atom stereocenters. The molecule has 1 aliphatic rings. The molecule has 1 fully saturated rings. The zero-order valence-electron chi connectivity index (χ0n) is 11.2. The van der Waals surface area contributed by atoms with Gasteiger partial charge in [-0.2, -0.15) is 0 Å². The minimum absolute atomic E-state index is 0.0325. The lowest BCUT2D eigenvalue weighted by molar-refractivity contribution is -0.121. The van der Waals surface area contributed by atoms with Gasteiger partial charge in [-0.05, 0) is 26.7 Å². The second-order valence-electron chi connectivity index (χ2n) is 5.11. The van der Waals surface area contributed by atoms with Crippen molar-refractivity contribution in [3.8, 4) is 0 Å². The van der Waals surface area contributed by atoms with Crippen molar-refractivity contribution in [2.45, 2.75) is 45.1 Å². The third-order valence-corrected chi connectivity index (χ3v) is 2.96. The standard InChI is InChI=1S/C13H19ClN4O/c1-8(2)16-12(19)5-6-15-11-7-10(14)17-13(18-11)9-3-4-9/h7-9H,3-6H2,1-2H3,(H,16,19)(H,15,17,18). The highest BCUT2D eigenvalue weighted by Crippen LogP contribution is 2.38. The summed E-state index contributed by atoms with van der Waals surface area (Å²) in [6.45, 7) is 4.42. The number of amides is 1. The Balaban J connectivity index is 1.84. The first-order chi connectivity index (χ1) is 9.04. The summed E-state index contributed by atoms with van der Waals surface area (Å²) < 4.78 is 0. The van der Waals surface area contributed by atoms with E-state index in [0.717, 1.165) is 18.7 Å². The first-order valence-corrected chi connectivity index (χ1v) is 7.00. The van der Waals surface area contributed by atoms with Gasteiger partial charge < -0.3 is 10.6 Å². The van der Waals surface area contributed by atoms with Crippen molar-refractivity contribution < 1.29 is 4.79 Å². The molecule has 1 heterocycles. The van der Waals surface area contributed by atoms with Crippen molar-refractivity contribution >= 4 is 23.3 Å². The second kappa shape index (κ2) is 6.19. The average molecular weight is 283 g/mol. The van der Waals surface area contributed by atoms with Crippen molar-refractivity contribution in [1.82, 2.24) is 15.3 Å². The Morgan fingerprint density at radius 1 is 1.47 bits per heavy atom. The van der Waals surface area contributed by atoms with Crippen molar-refractivity contribution in [2.75, 3.05) is 11.9 Å². The van der Waals surface area contributed by atoms with Gasteiger partial charge in [0.2, 0.25) is 5.91 Å². The largest absolute Gasteiger partial charge is 0.369 e. The molecule has 1 aromatic rings. The van der Waals surface area contributed by atoms with E-state index in [1.807, 2.05) is 13.8 Å². The van der Waals surface area contributed by atoms with Gasteiger partial charge in [-0.25, -0.2) is 9.97 Å². The molecule has 19 heavy (non-hydrogen) atoms. The van der Waals surface area contributed by atoms with Crippen molar-refractivity contribution in [3.05, 3.63) is 17.0 Å². The Morgan fingerprint density at radius 3 is 2.84 bits per heavy atom. The molecular weight excluding hydrogens is 264 g/mol. The van der Waals surface area contributed by atoms with E-state index in [9.17, 15) is 4.79 Å². The fourth-order valence-electron chi connectivity index (χ4n) is 1.75. The van der Waals surface area contributed by atoms with Gasteiger partial charge in [0, 0.05) is 31.0 Å². The van der Waals surface area contributed by atoms with Crippen LogP contribution in [0.2, 0.25) is 5.15 Å². The summed E-state index contributed by atoms with van der Waals surface area (Å²) in [7, 11) is 0. The maximum Gasteiger partial charge on any atom is 0.221 e. The summed E-state index contributed by atoms with van der Waals surface area (Å²) in [5, 5.41) is 6.41. The molecule has 1 aliphatic carbocycles. The Morgan fingerprint density at radius 2 is 2.21 bits per heavy atom. The van der Waals surface area contributed by atoms with Gasteiger partial charge in [0.15, 0.2) is 0 Å². The Kier molecular flexibility index (Phi) is 4.58. The van der Waals surface area contributed by atoms with Crippen LogP contribution in [0.15, 0.2) is 6.07 Å². The van der Waals surface area contributed by atoms with E-state index in [1.165, 1.54) is 0 Å². The van der Waals surface area contributed by atoms with Crippen LogP contribution in [0.3, 0.4) is 0 Å². The number of nitrogens with zero attached hydrogens (tertiary/aromatic N) is 2. The molecule has 0 spiro atoms. The Bertz CT molecular complexity index is 460. The topological polar surface area (TPSA) is 66.9 Å². The summed E-state index contributed by atoms with van der Waals surface area (Å²) in [6, 6.07) is 1.86. The SMILES string of the molecule is CC(C)NC(=O)CCNc1cc(Cl)nc(C2CC2)n1. The highest BCUT2D eigenvalue weighted by molar-refractivity contribution is 6.29. The van der Waals surface area contributed by atoms with Gasteiger partial charge in [0.1, 0.15) is 16.8 Å². The maximum absolute atomic E-state index is 11.5. The van der Waals surface area contributed by atoms with Crippen molar-refractivity contribution in [3.63, 3.8) is 0 Å². The fraction of sp³-hybridized carbons (Fsp3) is 0.615. The van der Waals surface area contributed by atoms with Crippen LogP contribution in [-0.2, 0) is 4.79 Å². The predicted octanol–water partition coefficient (Wildman–Crippen LogP) is 2.33. The summed E-state index contributed by atoms with van der Waals surface area (Å²) >= 11 is 5.96. The molecule has 0 aromatic carbocycles. The highest BCUT2D eigenvalue weighted by Gasteiger charge is 2.27. The summed E-state index contributed by atoms with van der Waals surface area (Å²) in [5.41, 5.74) is 0. The first-order valence-electron chi connectivity index (χ1n) is 6.62. The smallest absolute Gasteiger partial charge is 0.221 e. The molecule has 1 amide bonds. The van der Waals surface area contributed by atoms with Crippen LogP contribution in [0.4, 0.5) is 5.82 Å². The van der Waals surface area contributed by atoms with Gasteiger partial charge in [-0.1, -0.05) is 11.6 Å². The predicted molar refractivity (Wildman–Crippen MR) is 75.4 cm³/mol. The van der Waals surface area contributed by atoms with Gasteiger partial charge in [0.05, 0.1) is 0 Å². The van der Waals surface area contributed by atoms with Crippen LogP contribution in [0.1, 0.15) is 44.9 Å². The summed E-state index contributed by atoms with van der Waals surface area (Å²) in [4.78, 5) is 20.1. The lowest BCUT2D eigenvalue weighted by Gasteiger charge is -2.10. The molecule has 104 valence electrons. The third kappa shape index (κ3) is 4.67. The number of carbonyl (C=O) groups excluding carboxylic acids is 1. The summed E-state index contributed by atoms with van der Waals surface area (Å²) in [5.74, 6) is 1.99. The number of hydrogen-bond acceptors (Lipinski definition) is 4.